The van der Waals surface area contributed by atoms with Gasteiger partial charge in [-0.15, -0.1) is 0 Å². The lowest BCUT2D eigenvalue weighted by Crippen LogP contribution is -2.48. The van der Waals surface area contributed by atoms with E-state index in [0.29, 0.717) is 11.3 Å². The van der Waals surface area contributed by atoms with Crippen LogP contribution in [0.4, 0.5) is 17.1 Å². The molecule has 0 heterocycles. The van der Waals surface area contributed by atoms with Gasteiger partial charge in [0.15, 0.2) is 0 Å². The Balaban J connectivity index is 1.12. The number of anilines is 3. The fraction of sp³-hybridized carbons (Fsp3) is 0.286. The highest BCUT2D eigenvalue weighted by molar-refractivity contribution is 6.00. The van der Waals surface area contributed by atoms with Crippen LogP contribution in [0.15, 0.2) is 152 Å². The molecule has 0 spiro atoms. The van der Waals surface area contributed by atoms with Gasteiger partial charge in [-0.25, -0.2) is 0 Å². The Morgan fingerprint density at radius 1 is 0.509 bits per heavy atom. The van der Waals surface area contributed by atoms with Crippen molar-refractivity contribution in [1.29, 1.82) is 0 Å². The van der Waals surface area contributed by atoms with Gasteiger partial charge in [-0.2, -0.15) is 0 Å². The van der Waals surface area contributed by atoms with Crippen LogP contribution in [0.3, 0.4) is 0 Å². The van der Waals surface area contributed by atoms with E-state index in [1.807, 2.05) is 0 Å². The van der Waals surface area contributed by atoms with E-state index < -0.39 is 0 Å². The molecule has 0 unspecified atom stereocenters. The molecule has 0 radical (unpaired) electrons. The summed E-state index contributed by atoms with van der Waals surface area (Å²) in [6.45, 7) is 9.48. The molecule has 57 heavy (non-hydrogen) atoms. The summed E-state index contributed by atoms with van der Waals surface area (Å²) in [5.41, 5.74) is 17.5. The Hall–Kier alpha value is -5.40. The molecular formula is C56H53N. The topological polar surface area (TPSA) is 3.24 Å². The van der Waals surface area contributed by atoms with Crippen LogP contribution >= 0.6 is 0 Å². The Labute approximate surface area is 339 Å². The van der Waals surface area contributed by atoms with Crippen LogP contribution in [0, 0.1) is 17.8 Å². The van der Waals surface area contributed by atoms with Crippen LogP contribution in [-0.2, 0) is 10.8 Å². The van der Waals surface area contributed by atoms with E-state index >= 15 is 0 Å². The summed E-state index contributed by atoms with van der Waals surface area (Å²) in [6, 6.07) is 58.0. The number of hydrogen-bond donors (Lipinski definition) is 0. The Bertz CT molecular complexity index is 2620. The van der Waals surface area contributed by atoms with Crippen molar-refractivity contribution in [2.75, 3.05) is 4.90 Å². The summed E-state index contributed by atoms with van der Waals surface area (Å²) in [7, 11) is 0. The first-order chi connectivity index (χ1) is 27.8. The SMILES string of the molecule is CC(C)c1ccccc1-c1cc2ccccc2cc1N(c1ccc(C23CC4CC(CC(C4)C2)C3)cc1)c1ccc2c(c1)C(C)(C)c1cccc(-c3ccccc3)c1-2. The zero-order chi connectivity index (χ0) is 38.5. The summed E-state index contributed by atoms with van der Waals surface area (Å²) in [4.78, 5) is 2.58. The fourth-order valence-electron chi connectivity index (χ4n) is 12.5. The predicted octanol–water partition coefficient (Wildman–Crippen LogP) is 15.5. The van der Waals surface area contributed by atoms with Gasteiger partial charge in [-0.1, -0.05) is 143 Å². The first-order valence-corrected chi connectivity index (χ1v) is 21.6. The zero-order valence-electron chi connectivity index (χ0n) is 33.9. The number of rotatable bonds is 7. The van der Waals surface area contributed by atoms with E-state index in [1.54, 1.807) is 5.56 Å². The minimum absolute atomic E-state index is 0.157. The lowest BCUT2D eigenvalue weighted by atomic mass is 9.48. The van der Waals surface area contributed by atoms with Gasteiger partial charge in [-0.3, -0.25) is 0 Å². The minimum Gasteiger partial charge on any atom is -0.310 e. The van der Waals surface area contributed by atoms with E-state index in [-0.39, 0.29) is 5.41 Å². The van der Waals surface area contributed by atoms with Gasteiger partial charge >= 0.3 is 0 Å². The summed E-state index contributed by atoms with van der Waals surface area (Å²) in [5.74, 6) is 3.17. The molecule has 1 nitrogen and oxygen atoms in total. The van der Waals surface area contributed by atoms with Crippen molar-refractivity contribution in [2.24, 2.45) is 17.8 Å². The monoisotopic (exact) mass is 739 g/mol. The largest absolute Gasteiger partial charge is 0.310 e. The number of benzene rings is 7. The number of hydrogen-bond acceptors (Lipinski definition) is 1. The van der Waals surface area contributed by atoms with Crippen molar-refractivity contribution in [1.82, 2.24) is 0 Å². The fourth-order valence-corrected chi connectivity index (χ4v) is 12.5. The second-order valence-corrected chi connectivity index (χ2v) is 19.0. The highest BCUT2D eigenvalue weighted by Gasteiger charge is 2.51. The van der Waals surface area contributed by atoms with E-state index in [2.05, 4.69) is 184 Å². The first kappa shape index (κ1) is 34.8. The third-order valence-electron chi connectivity index (χ3n) is 14.8. The molecule has 0 atom stereocenters. The number of nitrogens with zero attached hydrogens (tertiary/aromatic N) is 1. The molecule has 0 aromatic heterocycles. The maximum Gasteiger partial charge on any atom is 0.0546 e. The highest BCUT2D eigenvalue weighted by atomic mass is 15.1. The number of fused-ring (bicyclic) bond motifs is 4. The lowest BCUT2D eigenvalue weighted by Gasteiger charge is -2.57. The Morgan fingerprint density at radius 2 is 1.12 bits per heavy atom. The molecular weight excluding hydrogens is 687 g/mol. The van der Waals surface area contributed by atoms with Crippen LogP contribution in [0.25, 0.3) is 44.2 Å². The van der Waals surface area contributed by atoms with Crippen LogP contribution in [0.2, 0.25) is 0 Å². The summed E-state index contributed by atoms with van der Waals surface area (Å²) in [6.07, 6.45) is 8.56. The van der Waals surface area contributed by atoms with Gasteiger partial charge < -0.3 is 4.90 Å². The maximum atomic E-state index is 2.58. The Kier molecular flexibility index (Phi) is 7.98. The van der Waals surface area contributed by atoms with E-state index in [9.17, 15) is 0 Å². The lowest BCUT2D eigenvalue weighted by molar-refractivity contribution is -0.00518. The van der Waals surface area contributed by atoms with Crippen LogP contribution in [0.5, 0.6) is 0 Å². The molecule has 282 valence electrons. The minimum atomic E-state index is -0.157. The third kappa shape index (κ3) is 5.56. The average molecular weight is 740 g/mol. The standard InChI is InChI=1S/C56H53N/c1-36(2)46-17-10-11-18-48(46)50-30-41-15-8-9-16-42(41)31-53(50)57(44-23-21-43(22-24-44)56-33-37-27-38(34-56)29-39(28-37)35-56)45-25-26-49-52(32-45)55(3,4)51-20-12-19-47(54(49)51)40-13-6-5-7-14-40/h5-26,30-32,36-39H,27-29,33-35H2,1-4H3. The molecule has 5 aliphatic carbocycles. The Morgan fingerprint density at radius 3 is 1.82 bits per heavy atom. The van der Waals surface area contributed by atoms with Crippen LogP contribution in [-0.4, -0.2) is 0 Å². The van der Waals surface area contributed by atoms with Gasteiger partial charge in [-0.05, 0) is 165 Å². The zero-order valence-corrected chi connectivity index (χ0v) is 33.9. The molecule has 7 aromatic carbocycles. The van der Waals surface area contributed by atoms with E-state index in [1.165, 1.54) is 116 Å². The van der Waals surface area contributed by atoms with Crippen LogP contribution < -0.4 is 4.90 Å². The van der Waals surface area contributed by atoms with E-state index in [4.69, 9.17) is 0 Å². The van der Waals surface area contributed by atoms with Crippen molar-refractivity contribution < 1.29 is 0 Å². The van der Waals surface area contributed by atoms with Crippen molar-refractivity contribution in [2.45, 2.75) is 83.0 Å². The van der Waals surface area contributed by atoms with Gasteiger partial charge in [0, 0.05) is 22.4 Å². The summed E-state index contributed by atoms with van der Waals surface area (Å²) >= 11 is 0. The van der Waals surface area contributed by atoms with Crippen molar-refractivity contribution >= 4 is 27.8 Å². The first-order valence-electron chi connectivity index (χ1n) is 21.6. The third-order valence-corrected chi connectivity index (χ3v) is 14.8. The smallest absolute Gasteiger partial charge is 0.0546 e. The average Bonchev–Trinajstić information content (AvgIpc) is 3.46. The van der Waals surface area contributed by atoms with Crippen LogP contribution in [0.1, 0.15) is 94.4 Å². The molecule has 12 rings (SSSR count). The molecule has 0 amide bonds. The van der Waals surface area contributed by atoms with Gasteiger partial charge in [0.25, 0.3) is 0 Å². The second-order valence-electron chi connectivity index (χ2n) is 19.0. The summed E-state index contributed by atoms with van der Waals surface area (Å²) in [5, 5.41) is 2.53. The van der Waals surface area contributed by atoms with Gasteiger partial charge in [0.05, 0.1) is 5.69 Å². The second kappa shape index (κ2) is 13.1. The molecule has 4 fully saturated rings. The van der Waals surface area contributed by atoms with Gasteiger partial charge in [0.1, 0.15) is 0 Å². The maximum absolute atomic E-state index is 2.58. The molecule has 0 saturated heterocycles. The molecule has 7 aromatic rings. The highest BCUT2D eigenvalue weighted by Crippen LogP contribution is 2.61. The van der Waals surface area contributed by atoms with E-state index in [0.717, 1.165) is 17.8 Å². The van der Waals surface area contributed by atoms with Crippen molar-refractivity contribution in [3.8, 4) is 33.4 Å². The molecule has 1 heteroatoms. The molecule has 4 bridgehead atoms. The molecule has 0 aliphatic heterocycles. The molecule has 0 N–H and O–H groups in total. The quantitative estimate of drug-likeness (QED) is 0.157. The summed E-state index contributed by atoms with van der Waals surface area (Å²) < 4.78 is 0. The van der Waals surface area contributed by atoms with Gasteiger partial charge in [0.2, 0.25) is 0 Å². The molecule has 4 saturated carbocycles. The normalized spacial score (nSPS) is 22.5. The van der Waals surface area contributed by atoms with Crippen molar-refractivity contribution in [3.63, 3.8) is 0 Å². The van der Waals surface area contributed by atoms with Crippen molar-refractivity contribution in [3.05, 3.63) is 174 Å². The molecule has 5 aliphatic rings. The predicted molar refractivity (Wildman–Crippen MR) is 241 cm³/mol.